The predicted molar refractivity (Wildman–Crippen MR) is 212 cm³/mol. The van der Waals surface area contributed by atoms with Gasteiger partial charge < -0.3 is 26.2 Å². The average Bonchev–Trinajstić information content (AvgIpc) is 3.40. The third-order valence-electron chi connectivity index (χ3n) is 11.2. The van der Waals surface area contributed by atoms with Crippen molar-refractivity contribution < 1.29 is 36.4 Å². The fourth-order valence-electron chi connectivity index (χ4n) is 7.79. The lowest BCUT2D eigenvalue weighted by atomic mass is 9.85. The van der Waals surface area contributed by atoms with E-state index in [4.69, 9.17) is 0 Å². The van der Waals surface area contributed by atoms with Crippen LogP contribution < -0.4 is 26.0 Å². The van der Waals surface area contributed by atoms with E-state index in [1.54, 1.807) is 20.8 Å². The van der Waals surface area contributed by atoms with Crippen LogP contribution in [0.4, 0.5) is 13.6 Å². The summed E-state index contributed by atoms with van der Waals surface area (Å²) < 4.78 is 53.9. The number of rotatable bonds is 16. The summed E-state index contributed by atoms with van der Waals surface area (Å²) in [7, 11) is -3.55. The molecule has 0 bridgehead atoms. The highest BCUT2D eigenvalue weighted by molar-refractivity contribution is 7.88. The van der Waals surface area contributed by atoms with E-state index in [0.717, 1.165) is 17.4 Å². The quantitative estimate of drug-likeness (QED) is 0.166. The molecule has 5 N–H and O–H groups in total. The van der Waals surface area contributed by atoms with Crippen molar-refractivity contribution in [3.05, 3.63) is 71.8 Å². The van der Waals surface area contributed by atoms with Crippen molar-refractivity contribution in [2.45, 2.75) is 105 Å². The number of carbonyl (C=O) groups excluding carboxylic acids is 4. The maximum atomic E-state index is 14.4. The Balaban J connectivity index is 1.50. The number of benzene rings is 2. The van der Waals surface area contributed by atoms with Crippen molar-refractivity contribution in [3.8, 4) is 0 Å². The van der Waals surface area contributed by atoms with Gasteiger partial charge in [0.1, 0.15) is 18.1 Å². The van der Waals surface area contributed by atoms with Crippen LogP contribution in [0.3, 0.4) is 0 Å². The molecule has 1 heterocycles. The molecular formula is C41H60F2N6O6S. The van der Waals surface area contributed by atoms with Gasteiger partial charge in [-0.15, -0.1) is 0 Å². The minimum absolute atomic E-state index is 0.0562. The summed E-state index contributed by atoms with van der Waals surface area (Å²) in [4.78, 5) is 56.9. The smallest absolute Gasteiger partial charge is 0.315 e. The Labute approximate surface area is 330 Å². The minimum Gasteiger partial charge on any atom is -0.354 e. The van der Waals surface area contributed by atoms with Gasteiger partial charge in [-0.2, -0.15) is 0 Å². The molecule has 4 rings (SSSR count). The molecule has 5 amide bonds. The highest BCUT2D eigenvalue weighted by Crippen LogP contribution is 2.65. The lowest BCUT2D eigenvalue weighted by Gasteiger charge is -2.38. The van der Waals surface area contributed by atoms with E-state index in [1.807, 2.05) is 95.3 Å². The second-order valence-corrected chi connectivity index (χ2v) is 19.8. The maximum absolute atomic E-state index is 14.4. The number of nitrogens with one attached hydrogen (secondary N) is 5. The number of urea groups is 1. The number of likely N-dealkylation sites (tertiary alicyclic amines) is 1. The molecule has 1 aliphatic heterocycles. The van der Waals surface area contributed by atoms with Crippen molar-refractivity contribution in [1.82, 2.24) is 30.9 Å². The van der Waals surface area contributed by atoms with Gasteiger partial charge in [0.25, 0.3) is 0 Å². The highest BCUT2D eigenvalue weighted by atomic mass is 32.2. The molecule has 15 heteroatoms. The second-order valence-electron chi connectivity index (χ2n) is 18.0. The van der Waals surface area contributed by atoms with E-state index in [1.165, 1.54) is 4.90 Å². The number of fused-ring (bicyclic) bond motifs is 1. The molecule has 6 atom stereocenters. The van der Waals surface area contributed by atoms with Gasteiger partial charge in [-0.3, -0.25) is 14.4 Å². The van der Waals surface area contributed by atoms with Crippen LogP contribution in [0.2, 0.25) is 0 Å². The molecule has 1 aliphatic carbocycles. The van der Waals surface area contributed by atoms with Crippen molar-refractivity contribution in [1.29, 1.82) is 0 Å². The van der Waals surface area contributed by atoms with Crippen LogP contribution in [0, 0.1) is 28.1 Å². The van der Waals surface area contributed by atoms with E-state index < -0.39 is 81.6 Å². The molecule has 0 radical (unpaired) electrons. The van der Waals surface area contributed by atoms with Gasteiger partial charge >= 0.3 is 6.03 Å². The van der Waals surface area contributed by atoms with Crippen LogP contribution in [0.5, 0.6) is 0 Å². The van der Waals surface area contributed by atoms with E-state index in [9.17, 15) is 36.4 Å². The molecule has 12 nitrogen and oxygen atoms in total. The van der Waals surface area contributed by atoms with Crippen LogP contribution in [0.15, 0.2) is 60.7 Å². The van der Waals surface area contributed by atoms with Gasteiger partial charge in [0.15, 0.2) is 0 Å². The molecule has 56 heavy (non-hydrogen) atoms. The van der Waals surface area contributed by atoms with Crippen molar-refractivity contribution in [2.24, 2.45) is 28.1 Å². The lowest BCUT2D eigenvalue weighted by Crippen LogP contribution is -2.62. The molecule has 1 saturated carbocycles. The largest absolute Gasteiger partial charge is 0.354 e. The predicted octanol–water partition coefficient (Wildman–Crippen LogP) is 4.63. The Morgan fingerprint density at radius 2 is 1.41 bits per heavy atom. The number of carbonyl (C=O) groups is 4. The summed E-state index contributed by atoms with van der Waals surface area (Å²) in [5, 5.41) is 10.9. The normalized spacial score (nSPS) is 20.8. The molecule has 0 aromatic heterocycles. The van der Waals surface area contributed by atoms with Gasteiger partial charge in [-0.05, 0) is 45.6 Å². The Morgan fingerprint density at radius 3 is 1.89 bits per heavy atom. The van der Waals surface area contributed by atoms with Crippen LogP contribution in [-0.4, -0.2) is 93.6 Å². The SMILES string of the molecule is CC(C)(C)[C@H](NC(=O)N[C@H](CNS(C)(=O)=O)C(C)(C)C)C(=O)N1C[C@H]2[C@@H]([C@H]1C(=O)N[C@@H](CC(F)F)C(=O)NCCC(c1ccccc1)c1ccccc1)C2(C)C. The van der Waals surface area contributed by atoms with Gasteiger partial charge in [-0.25, -0.2) is 26.7 Å². The number of hydrogen-bond donors (Lipinski definition) is 5. The monoisotopic (exact) mass is 802 g/mol. The zero-order valence-corrected chi connectivity index (χ0v) is 34.8. The Morgan fingerprint density at radius 1 is 0.857 bits per heavy atom. The lowest BCUT2D eigenvalue weighted by molar-refractivity contribution is -0.144. The molecule has 2 aromatic carbocycles. The first-order chi connectivity index (χ1) is 25.9. The molecule has 0 unspecified atom stereocenters. The third-order valence-corrected chi connectivity index (χ3v) is 11.9. The van der Waals surface area contributed by atoms with E-state index in [0.29, 0.717) is 6.42 Å². The first kappa shape index (κ1) is 44.6. The average molecular weight is 803 g/mol. The third kappa shape index (κ3) is 11.5. The van der Waals surface area contributed by atoms with Crippen molar-refractivity contribution in [3.63, 3.8) is 0 Å². The van der Waals surface area contributed by atoms with Gasteiger partial charge in [0.2, 0.25) is 34.2 Å². The number of piperidine rings is 1. The molecule has 2 fully saturated rings. The number of hydrogen-bond acceptors (Lipinski definition) is 6. The van der Waals surface area contributed by atoms with Crippen molar-refractivity contribution in [2.75, 3.05) is 25.9 Å². The van der Waals surface area contributed by atoms with E-state index >= 15 is 0 Å². The van der Waals surface area contributed by atoms with E-state index in [-0.39, 0.29) is 42.8 Å². The molecule has 310 valence electrons. The number of nitrogens with zero attached hydrogens (tertiary/aromatic N) is 1. The molecule has 0 spiro atoms. The number of alkyl halides is 2. The number of amides is 5. The summed E-state index contributed by atoms with van der Waals surface area (Å²) >= 11 is 0. The fourth-order valence-corrected chi connectivity index (χ4v) is 8.26. The van der Waals surface area contributed by atoms with Crippen LogP contribution >= 0.6 is 0 Å². The summed E-state index contributed by atoms with van der Waals surface area (Å²) in [6, 6.07) is 14.5. The summed E-state index contributed by atoms with van der Waals surface area (Å²) in [6.45, 7) is 15.1. The molecular weight excluding hydrogens is 743 g/mol. The zero-order valence-electron chi connectivity index (χ0n) is 34.0. The van der Waals surface area contributed by atoms with E-state index in [2.05, 4.69) is 26.0 Å². The van der Waals surface area contributed by atoms with Crippen molar-refractivity contribution >= 4 is 33.8 Å². The summed E-state index contributed by atoms with van der Waals surface area (Å²) in [5.41, 5.74) is 0.356. The topological polar surface area (TPSA) is 166 Å². The first-order valence-electron chi connectivity index (χ1n) is 19.2. The second kappa shape index (κ2) is 17.6. The first-order valence-corrected chi connectivity index (χ1v) is 21.1. The Hall–Kier alpha value is -4.11. The number of sulfonamides is 1. The summed E-state index contributed by atoms with van der Waals surface area (Å²) in [6.07, 6.45) is -2.30. The number of halogens is 2. The standard InChI is InChI=1S/C41H60F2N6O6S/c1-39(2,3)30(23-45-56(9,54)55)47-38(53)48-34(40(4,5)6)37(52)49-24-28-32(41(28,7)8)33(49)36(51)46-29(22-31(42)43)35(50)44-21-20-27(25-16-12-10-13-17-25)26-18-14-11-15-19-26/h10-19,27-34,45H,20-24H2,1-9H3,(H,44,50)(H,46,51)(H2,47,48,53)/t28-,29-,30+,32-,33-,34+/m0/s1. The zero-order chi connectivity index (χ0) is 41.8. The highest BCUT2D eigenvalue weighted by Gasteiger charge is 2.70. The Kier molecular flexibility index (Phi) is 14.0. The molecule has 2 aliphatic rings. The Bertz CT molecular complexity index is 1760. The van der Waals surface area contributed by atoms with Crippen LogP contribution in [-0.2, 0) is 24.4 Å². The van der Waals surface area contributed by atoms with Gasteiger partial charge in [0.05, 0.1) is 6.26 Å². The molecule has 2 aromatic rings. The van der Waals surface area contributed by atoms with Crippen LogP contribution in [0.1, 0.15) is 85.3 Å². The molecule has 1 saturated heterocycles. The fraction of sp³-hybridized carbons (Fsp3) is 0.610. The minimum atomic E-state index is -3.55. The van der Waals surface area contributed by atoms with Gasteiger partial charge in [-0.1, -0.05) is 116 Å². The summed E-state index contributed by atoms with van der Waals surface area (Å²) in [5.74, 6) is -2.39. The van der Waals surface area contributed by atoms with Gasteiger partial charge in [0, 0.05) is 38.0 Å². The maximum Gasteiger partial charge on any atom is 0.315 e. The van der Waals surface area contributed by atoms with Crippen LogP contribution in [0.25, 0.3) is 0 Å².